The van der Waals surface area contributed by atoms with E-state index in [1.54, 1.807) is 6.92 Å². The van der Waals surface area contributed by atoms with Gasteiger partial charge in [0.2, 0.25) is 0 Å². The highest BCUT2D eigenvalue weighted by molar-refractivity contribution is 5.68. The van der Waals surface area contributed by atoms with E-state index in [4.69, 9.17) is 14.2 Å². The summed E-state index contributed by atoms with van der Waals surface area (Å²) in [5.74, 6) is 1.55. The summed E-state index contributed by atoms with van der Waals surface area (Å²) in [5, 5.41) is 0. The van der Waals surface area contributed by atoms with Gasteiger partial charge < -0.3 is 14.2 Å². The minimum Gasteiger partial charge on any atom is -0.487 e. The lowest BCUT2D eigenvalue weighted by atomic mass is 9.88. The van der Waals surface area contributed by atoms with E-state index in [0.29, 0.717) is 12.4 Å². The zero-order chi connectivity index (χ0) is 15.8. The molecular weight excluding hydrogens is 268 g/mol. The van der Waals surface area contributed by atoms with Crippen molar-refractivity contribution < 1.29 is 19.0 Å². The van der Waals surface area contributed by atoms with Crippen LogP contribution in [-0.2, 0) is 11.2 Å². The Morgan fingerprint density at radius 1 is 1.19 bits per heavy atom. The van der Waals surface area contributed by atoms with Crippen LogP contribution in [0.1, 0.15) is 49.4 Å². The van der Waals surface area contributed by atoms with Gasteiger partial charge in [0.1, 0.15) is 17.1 Å². The van der Waals surface area contributed by atoms with Crippen molar-refractivity contribution in [3.63, 3.8) is 0 Å². The number of ether oxygens (including phenoxy) is 3. The van der Waals surface area contributed by atoms with Crippen molar-refractivity contribution in [2.75, 3.05) is 6.61 Å². The van der Waals surface area contributed by atoms with Crippen LogP contribution in [0.4, 0.5) is 4.79 Å². The number of rotatable bonds is 2. The first-order valence-electron chi connectivity index (χ1n) is 7.43. The van der Waals surface area contributed by atoms with Crippen molar-refractivity contribution in [1.82, 2.24) is 0 Å². The van der Waals surface area contributed by atoms with Gasteiger partial charge in [0.25, 0.3) is 0 Å². The summed E-state index contributed by atoms with van der Waals surface area (Å²) in [4.78, 5) is 11.6. The molecule has 1 aromatic rings. The summed E-state index contributed by atoms with van der Waals surface area (Å²) in [7, 11) is 0. The summed E-state index contributed by atoms with van der Waals surface area (Å²) in [5.41, 5.74) is 3.91. The molecule has 2 rings (SSSR count). The maximum Gasteiger partial charge on any atom is 0.513 e. The average molecular weight is 292 g/mol. The number of benzene rings is 1. The number of hydrogen-bond donors (Lipinski definition) is 0. The Bertz CT molecular complexity index is 573. The molecule has 0 radical (unpaired) electrons. The number of hydrogen-bond acceptors (Lipinski definition) is 4. The Kier molecular flexibility index (Phi) is 4.17. The third-order valence-electron chi connectivity index (χ3n) is 4.11. The zero-order valence-corrected chi connectivity index (χ0v) is 13.8. The van der Waals surface area contributed by atoms with Gasteiger partial charge in [-0.3, -0.25) is 0 Å². The highest BCUT2D eigenvalue weighted by atomic mass is 16.7. The lowest BCUT2D eigenvalue weighted by Gasteiger charge is -2.35. The maximum atomic E-state index is 11.6. The van der Waals surface area contributed by atoms with Gasteiger partial charge in [-0.1, -0.05) is 0 Å². The first-order chi connectivity index (χ1) is 9.76. The van der Waals surface area contributed by atoms with Crippen molar-refractivity contribution in [3.8, 4) is 11.5 Å². The van der Waals surface area contributed by atoms with Crippen molar-refractivity contribution in [3.05, 3.63) is 22.3 Å². The molecule has 0 bridgehead atoms. The minimum atomic E-state index is -0.653. The Morgan fingerprint density at radius 3 is 2.48 bits per heavy atom. The van der Waals surface area contributed by atoms with Gasteiger partial charge >= 0.3 is 6.16 Å². The lowest BCUT2D eigenvalue weighted by Crippen LogP contribution is -2.33. The molecule has 0 atom stereocenters. The van der Waals surface area contributed by atoms with Crippen molar-refractivity contribution in [2.24, 2.45) is 0 Å². The Labute approximate surface area is 126 Å². The van der Waals surface area contributed by atoms with E-state index in [1.165, 1.54) is 0 Å². The third-order valence-corrected chi connectivity index (χ3v) is 4.11. The molecule has 116 valence electrons. The largest absolute Gasteiger partial charge is 0.513 e. The van der Waals surface area contributed by atoms with Crippen LogP contribution in [0.25, 0.3) is 0 Å². The minimum absolute atomic E-state index is 0.153. The molecule has 4 nitrogen and oxygen atoms in total. The Hall–Kier alpha value is -1.71. The highest BCUT2D eigenvalue weighted by Crippen LogP contribution is 2.43. The molecule has 0 spiro atoms. The molecule has 0 amide bonds. The van der Waals surface area contributed by atoms with E-state index in [9.17, 15) is 4.79 Å². The second kappa shape index (κ2) is 5.58. The van der Waals surface area contributed by atoms with Gasteiger partial charge in [0.15, 0.2) is 0 Å². The fraction of sp³-hybridized carbons (Fsp3) is 0.588. The molecule has 1 aromatic carbocycles. The van der Waals surface area contributed by atoms with Crippen molar-refractivity contribution >= 4 is 6.16 Å². The maximum absolute atomic E-state index is 11.6. The normalized spacial score (nSPS) is 15.9. The van der Waals surface area contributed by atoms with E-state index < -0.39 is 6.16 Å². The van der Waals surface area contributed by atoms with Crippen LogP contribution in [0.2, 0.25) is 0 Å². The second-order valence-electron chi connectivity index (χ2n) is 6.16. The second-order valence-corrected chi connectivity index (χ2v) is 6.16. The molecule has 0 saturated heterocycles. The lowest BCUT2D eigenvalue weighted by molar-refractivity contribution is 0.0823. The standard InChI is InChI=1S/C17H24O4/c1-7-19-16(18)20-14-10(2)11(3)15-13(12(14)4)8-9-17(5,6)21-15/h7-9H2,1-6H3. The quantitative estimate of drug-likeness (QED) is 0.604. The van der Waals surface area contributed by atoms with Gasteiger partial charge in [0, 0.05) is 5.56 Å². The van der Waals surface area contributed by atoms with Crippen LogP contribution in [0.3, 0.4) is 0 Å². The average Bonchev–Trinajstić information content (AvgIpc) is 2.40. The van der Waals surface area contributed by atoms with E-state index in [2.05, 4.69) is 13.8 Å². The van der Waals surface area contributed by atoms with Crippen LogP contribution in [0, 0.1) is 20.8 Å². The van der Waals surface area contributed by atoms with Crippen LogP contribution in [-0.4, -0.2) is 18.4 Å². The molecule has 0 unspecified atom stereocenters. The van der Waals surface area contributed by atoms with Gasteiger partial charge in [-0.05, 0) is 71.1 Å². The SMILES string of the molecule is CCOC(=O)Oc1c(C)c(C)c2c(c1C)CCC(C)(C)O2. The van der Waals surface area contributed by atoms with Crippen molar-refractivity contribution in [1.29, 1.82) is 0 Å². The summed E-state index contributed by atoms with van der Waals surface area (Å²) in [6, 6.07) is 0. The number of carbonyl (C=O) groups is 1. The molecule has 0 fully saturated rings. The Morgan fingerprint density at radius 2 is 1.86 bits per heavy atom. The predicted octanol–water partition coefficient (Wildman–Crippen LogP) is 4.25. The third kappa shape index (κ3) is 2.99. The summed E-state index contributed by atoms with van der Waals surface area (Å²) < 4.78 is 16.4. The zero-order valence-electron chi connectivity index (χ0n) is 13.8. The molecule has 0 saturated carbocycles. The molecule has 1 aliphatic heterocycles. The highest BCUT2D eigenvalue weighted by Gasteiger charge is 2.31. The molecule has 1 heterocycles. The van der Waals surface area contributed by atoms with Crippen LogP contribution in [0.5, 0.6) is 11.5 Å². The van der Waals surface area contributed by atoms with Crippen LogP contribution < -0.4 is 9.47 Å². The monoisotopic (exact) mass is 292 g/mol. The molecule has 1 aliphatic rings. The molecule has 0 N–H and O–H groups in total. The van der Waals surface area contributed by atoms with E-state index in [-0.39, 0.29) is 5.60 Å². The molecule has 0 aliphatic carbocycles. The topological polar surface area (TPSA) is 44.8 Å². The van der Waals surface area contributed by atoms with Crippen LogP contribution in [0.15, 0.2) is 0 Å². The van der Waals surface area contributed by atoms with Crippen LogP contribution >= 0.6 is 0 Å². The molecule has 4 heteroatoms. The van der Waals surface area contributed by atoms with E-state index in [1.807, 2.05) is 20.8 Å². The predicted molar refractivity (Wildman–Crippen MR) is 81.3 cm³/mol. The smallest absolute Gasteiger partial charge is 0.487 e. The fourth-order valence-electron chi connectivity index (χ4n) is 2.73. The van der Waals surface area contributed by atoms with Crippen molar-refractivity contribution in [2.45, 2.75) is 60.0 Å². The van der Waals surface area contributed by atoms with Gasteiger partial charge in [-0.2, -0.15) is 0 Å². The first kappa shape index (κ1) is 15.7. The van der Waals surface area contributed by atoms with Gasteiger partial charge in [0.05, 0.1) is 6.61 Å². The fourth-order valence-corrected chi connectivity index (χ4v) is 2.73. The molecule has 0 aromatic heterocycles. The first-order valence-corrected chi connectivity index (χ1v) is 7.43. The van der Waals surface area contributed by atoms with Gasteiger partial charge in [-0.15, -0.1) is 0 Å². The summed E-state index contributed by atoms with van der Waals surface area (Å²) in [6.45, 7) is 12.2. The van der Waals surface area contributed by atoms with Gasteiger partial charge in [-0.25, -0.2) is 4.79 Å². The molecule has 21 heavy (non-hydrogen) atoms. The summed E-state index contributed by atoms with van der Waals surface area (Å²) >= 11 is 0. The van der Waals surface area contributed by atoms with E-state index >= 15 is 0 Å². The number of carbonyl (C=O) groups excluding carboxylic acids is 1. The molecular formula is C17H24O4. The summed E-state index contributed by atoms with van der Waals surface area (Å²) in [6.07, 6.45) is 1.22. The number of fused-ring (bicyclic) bond motifs is 1. The van der Waals surface area contributed by atoms with E-state index in [0.717, 1.165) is 40.8 Å². The Balaban J connectivity index is 2.46.